The Bertz CT molecular complexity index is 586. The summed E-state index contributed by atoms with van der Waals surface area (Å²) >= 11 is 0. The summed E-state index contributed by atoms with van der Waals surface area (Å²) < 4.78 is 10.7. The summed E-state index contributed by atoms with van der Waals surface area (Å²) in [5.74, 6) is 0.266. The molecule has 126 valence electrons. The highest BCUT2D eigenvalue weighted by Gasteiger charge is 2.37. The van der Waals surface area contributed by atoms with Gasteiger partial charge in [0, 0.05) is 13.7 Å². The van der Waals surface area contributed by atoms with Gasteiger partial charge in [-0.15, -0.1) is 0 Å². The molecule has 6 nitrogen and oxygen atoms in total. The molecule has 0 aromatic heterocycles. The minimum absolute atomic E-state index is 0.0222. The van der Waals surface area contributed by atoms with Crippen LogP contribution in [0, 0.1) is 12.8 Å². The number of methoxy groups -OCH3 is 1. The zero-order chi connectivity index (χ0) is 17.0. The number of carbonyl (C=O) groups is 2. The molecule has 0 radical (unpaired) electrons. The SMILES string of the molecule is COCCNC(=O)CN1C(=O)C(C(C)C)Oc2ccc(C)cc21. The van der Waals surface area contributed by atoms with Crippen LogP contribution in [0.15, 0.2) is 18.2 Å². The molecular weight excluding hydrogens is 296 g/mol. The number of aryl methyl sites for hydroxylation is 1. The molecule has 1 aromatic rings. The molecule has 0 saturated heterocycles. The first-order chi connectivity index (χ1) is 10.9. The van der Waals surface area contributed by atoms with Crippen molar-refractivity contribution in [1.82, 2.24) is 5.32 Å². The second-order valence-electron chi connectivity index (χ2n) is 6.02. The predicted molar refractivity (Wildman–Crippen MR) is 87.7 cm³/mol. The Labute approximate surface area is 136 Å². The number of rotatable bonds is 6. The lowest BCUT2D eigenvalue weighted by Gasteiger charge is -2.35. The van der Waals surface area contributed by atoms with Crippen LogP contribution in [-0.4, -0.2) is 44.7 Å². The van der Waals surface area contributed by atoms with Crippen LogP contribution >= 0.6 is 0 Å². The van der Waals surface area contributed by atoms with E-state index in [0.717, 1.165) is 5.56 Å². The largest absolute Gasteiger partial charge is 0.478 e. The average molecular weight is 320 g/mol. The number of ether oxygens (including phenoxy) is 2. The fourth-order valence-corrected chi connectivity index (χ4v) is 2.47. The molecule has 2 amide bonds. The van der Waals surface area contributed by atoms with Crippen LogP contribution in [-0.2, 0) is 14.3 Å². The number of nitrogens with one attached hydrogen (secondary N) is 1. The molecule has 0 spiro atoms. The van der Waals surface area contributed by atoms with Gasteiger partial charge in [-0.2, -0.15) is 0 Å². The van der Waals surface area contributed by atoms with Gasteiger partial charge in [0.05, 0.1) is 12.3 Å². The van der Waals surface area contributed by atoms with Gasteiger partial charge in [0.1, 0.15) is 12.3 Å². The van der Waals surface area contributed by atoms with E-state index in [4.69, 9.17) is 9.47 Å². The third kappa shape index (κ3) is 4.01. The Morgan fingerprint density at radius 1 is 1.43 bits per heavy atom. The lowest BCUT2D eigenvalue weighted by molar-refractivity contribution is -0.130. The molecule has 23 heavy (non-hydrogen) atoms. The van der Waals surface area contributed by atoms with Crippen LogP contribution in [0.2, 0.25) is 0 Å². The quantitative estimate of drug-likeness (QED) is 0.807. The first-order valence-corrected chi connectivity index (χ1v) is 7.78. The number of carbonyl (C=O) groups excluding carboxylic acids is 2. The molecule has 0 saturated carbocycles. The highest BCUT2D eigenvalue weighted by molar-refractivity contribution is 6.04. The molecule has 0 fully saturated rings. The molecule has 0 aliphatic carbocycles. The minimum Gasteiger partial charge on any atom is -0.478 e. The third-order valence-corrected chi connectivity index (χ3v) is 3.70. The van der Waals surface area contributed by atoms with Gasteiger partial charge in [-0.1, -0.05) is 19.9 Å². The Morgan fingerprint density at radius 2 is 2.17 bits per heavy atom. The summed E-state index contributed by atoms with van der Waals surface area (Å²) in [4.78, 5) is 26.3. The van der Waals surface area contributed by atoms with Gasteiger partial charge in [-0.05, 0) is 30.5 Å². The molecule has 1 aliphatic heterocycles. The van der Waals surface area contributed by atoms with Crippen LogP contribution in [0.4, 0.5) is 5.69 Å². The van der Waals surface area contributed by atoms with Crippen molar-refractivity contribution in [3.05, 3.63) is 23.8 Å². The molecular formula is C17H24N2O4. The second-order valence-corrected chi connectivity index (χ2v) is 6.02. The van der Waals surface area contributed by atoms with Gasteiger partial charge >= 0.3 is 0 Å². The normalized spacial score (nSPS) is 17.0. The van der Waals surface area contributed by atoms with E-state index < -0.39 is 6.10 Å². The maximum Gasteiger partial charge on any atom is 0.268 e. The van der Waals surface area contributed by atoms with E-state index in [1.165, 1.54) is 4.90 Å². The summed E-state index contributed by atoms with van der Waals surface area (Å²) in [6.07, 6.45) is -0.572. The molecule has 1 aliphatic rings. The van der Waals surface area contributed by atoms with Crippen molar-refractivity contribution in [2.75, 3.05) is 31.7 Å². The summed E-state index contributed by atoms with van der Waals surface area (Å²) in [5.41, 5.74) is 1.65. The van der Waals surface area contributed by atoms with Gasteiger partial charge in [0.15, 0.2) is 6.10 Å². The van der Waals surface area contributed by atoms with Crippen molar-refractivity contribution in [1.29, 1.82) is 0 Å². The van der Waals surface area contributed by atoms with Crippen molar-refractivity contribution in [2.24, 2.45) is 5.92 Å². The topological polar surface area (TPSA) is 67.9 Å². The molecule has 2 rings (SSSR count). The number of hydrogen-bond acceptors (Lipinski definition) is 4. The van der Waals surface area contributed by atoms with Crippen molar-refractivity contribution in [3.63, 3.8) is 0 Å². The molecule has 0 bridgehead atoms. The Balaban J connectivity index is 2.23. The van der Waals surface area contributed by atoms with Crippen molar-refractivity contribution < 1.29 is 19.1 Å². The van der Waals surface area contributed by atoms with Crippen LogP contribution in [0.25, 0.3) is 0 Å². The number of anilines is 1. The van der Waals surface area contributed by atoms with Gasteiger partial charge < -0.3 is 14.8 Å². The fourth-order valence-electron chi connectivity index (χ4n) is 2.47. The number of hydrogen-bond donors (Lipinski definition) is 1. The van der Waals surface area contributed by atoms with Crippen molar-refractivity contribution in [3.8, 4) is 5.75 Å². The zero-order valence-electron chi connectivity index (χ0n) is 14.1. The maximum absolute atomic E-state index is 12.7. The van der Waals surface area contributed by atoms with Crippen LogP contribution in [0.1, 0.15) is 19.4 Å². The van der Waals surface area contributed by atoms with E-state index >= 15 is 0 Å². The first-order valence-electron chi connectivity index (χ1n) is 7.78. The van der Waals surface area contributed by atoms with Crippen molar-refractivity contribution >= 4 is 17.5 Å². The Morgan fingerprint density at radius 3 is 2.83 bits per heavy atom. The predicted octanol–water partition coefficient (Wildman–Crippen LogP) is 1.51. The standard InChI is InChI=1S/C17H24N2O4/c1-11(2)16-17(21)19(10-15(20)18-7-8-22-4)13-9-12(3)5-6-14(13)23-16/h5-6,9,11,16H,7-8,10H2,1-4H3,(H,18,20). The van der Waals surface area contributed by atoms with E-state index in [9.17, 15) is 9.59 Å². The molecule has 1 atom stereocenters. The lowest BCUT2D eigenvalue weighted by Crippen LogP contribution is -2.51. The van der Waals surface area contributed by atoms with Gasteiger partial charge in [-0.3, -0.25) is 14.5 Å². The minimum atomic E-state index is -0.572. The average Bonchev–Trinajstić information content (AvgIpc) is 2.50. The van der Waals surface area contributed by atoms with Gasteiger partial charge in [-0.25, -0.2) is 0 Å². The molecule has 1 aromatic carbocycles. The second kappa shape index (κ2) is 7.46. The van der Waals surface area contributed by atoms with Gasteiger partial charge in [0.25, 0.3) is 5.91 Å². The number of nitrogens with zero attached hydrogens (tertiary/aromatic N) is 1. The van der Waals surface area contributed by atoms with Crippen LogP contribution in [0.5, 0.6) is 5.75 Å². The third-order valence-electron chi connectivity index (χ3n) is 3.70. The fraction of sp³-hybridized carbons (Fsp3) is 0.529. The first kappa shape index (κ1) is 17.3. The lowest BCUT2D eigenvalue weighted by atomic mass is 10.0. The number of amides is 2. The zero-order valence-corrected chi connectivity index (χ0v) is 14.1. The van der Waals surface area contributed by atoms with Crippen LogP contribution in [0.3, 0.4) is 0 Å². The molecule has 6 heteroatoms. The van der Waals surface area contributed by atoms with E-state index in [1.807, 2.05) is 39.0 Å². The highest BCUT2D eigenvalue weighted by Crippen LogP contribution is 2.36. The Kier molecular flexibility index (Phi) is 5.60. The Hall–Kier alpha value is -2.08. The summed E-state index contributed by atoms with van der Waals surface area (Å²) in [7, 11) is 1.57. The summed E-state index contributed by atoms with van der Waals surface area (Å²) in [6.45, 7) is 6.63. The monoisotopic (exact) mass is 320 g/mol. The summed E-state index contributed by atoms with van der Waals surface area (Å²) in [6, 6.07) is 5.65. The van der Waals surface area contributed by atoms with E-state index in [2.05, 4.69) is 5.32 Å². The highest BCUT2D eigenvalue weighted by atomic mass is 16.5. The number of fused-ring (bicyclic) bond motifs is 1. The maximum atomic E-state index is 12.7. The molecule has 1 heterocycles. The van der Waals surface area contributed by atoms with Crippen LogP contribution < -0.4 is 15.0 Å². The van der Waals surface area contributed by atoms with E-state index in [-0.39, 0.29) is 24.3 Å². The number of benzene rings is 1. The van der Waals surface area contributed by atoms with Crippen molar-refractivity contribution in [2.45, 2.75) is 26.9 Å². The molecule has 1 unspecified atom stereocenters. The smallest absolute Gasteiger partial charge is 0.268 e. The van der Waals surface area contributed by atoms with Gasteiger partial charge in [0.2, 0.25) is 5.91 Å². The van der Waals surface area contributed by atoms with E-state index in [1.54, 1.807) is 7.11 Å². The van der Waals surface area contributed by atoms with E-state index in [0.29, 0.717) is 24.6 Å². The molecule has 1 N–H and O–H groups in total. The summed E-state index contributed by atoms with van der Waals surface area (Å²) in [5, 5.41) is 2.74.